The first-order valence-corrected chi connectivity index (χ1v) is 6.74. The Kier molecular flexibility index (Phi) is 3.97. The number of esters is 1. The summed E-state index contributed by atoms with van der Waals surface area (Å²) in [5, 5.41) is 2.59. The highest BCUT2D eigenvalue weighted by Gasteiger charge is 2.24. The second-order valence-electron chi connectivity index (χ2n) is 5.82. The lowest BCUT2D eigenvalue weighted by Gasteiger charge is -2.22. The van der Waals surface area contributed by atoms with Crippen LogP contribution in [0.3, 0.4) is 0 Å². The van der Waals surface area contributed by atoms with E-state index in [9.17, 15) is 9.59 Å². The first-order valence-electron chi connectivity index (χ1n) is 6.74. The molecule has 2 aromatic heterocycles. The second-order valence-corrected chi connectivity index (χ2v) is 5.82. The highest BCUT2D eigenvalue weighted by molar-refractivity contribution is 5.95. The van der Waals surface area contributed by atoms with E-state index in [-0.39, 0.29) is 5.69 Å². The quantitative estimate of drug-likeness (QED) is 0.874. The summed E-state index contributed by atoms with van der Waals surface area (Å²) in [5.41, 5.74) is 0.350. The number of fused-ring (bicyclic) bond motifs is 1. The van der Waals surface area contributed by atoms with Gasteiger partial charge in [-0.3, -0.25) is 4.79 Å². The van der Waals surface area contributed by atoms with Crippen molar-refractivity contribution in [1.29, 1.82) is 0 Å². The van der Waals surface area contributed by atoms with Gasteiger partial charge >= 0.3 is 5.97 Å². The van der Waals surface area contributed by atoms with Crippen molar-refractivity contribution in [2.45, 2.75) is 39.3 Å². The lowest BCUT2D eigenvalue weighted by atomic mass is 10.2. The Balaban J connectivity index is 2.05. The average Bonchev–Trinajstić information content (AvgIpc) is 2.80. The maximum atomic E-state index is 12.1. The van der Waals surface area contributed by atoms with E-state index in [1.165, 1.54) is 0 Å². The van der Waals surface area contributed by atoms with Gasteiger partial charge in [0.1, 0.15) is 23.0 Å². The highest BCUT2D eigenvalue weighted by atomic mass is 16.6. The van der Waals surface area contributed by atoms with Crippen molar-refractivity contribution in [1.82, 2.24) is 14.7 Å². The van der Waals surface area contributed by atoms with Gasteiger partial charge in [0.05, 0.1) is 0 Å². The number of rotatable bonds is 3. The number of carbonyl (C=O) groups is 2. The summed E-state index contributed by atoms with van der Waals surface area (Å²) < 4.78 is 6.96. The molecule has 1 amide bonds. The van der Waals surface area contributed by atoms with Crippen LogP contribution >= 0.6 is 0 Å². The van der Waals surface area contributed by atoms with E-state index in [0.717, 1.165) is 0 Å². The fraction of sp³-hybridized carbons (Fsp3) is 0.400. The van der Waals surface area contributed by atoms with Gasteiger partial charge in [-0.2, -0.15) is 0 Å². The Morgan fingerprint density at radius 2 is 2.05 bits per heavy atom. The minimum absolute atomic E-state index is 0.261. The number of ether oxygens (including phenoxy) is 1. The van der Waals surface area contributed by atoms with Crippen LogP contribution in [-0.2, 0) is 9.53 Å². The zero-order valence-corrected chi connectivity index (χ0v) is 12.6. The SMILES string of the molecule is C[C@@H](NC(=O)c1cn2ccccc2n1)C(=O)OC(C)(C)C. The predicted molar refractivity (Wildman–Crippen MR) is 78.0 cm³/mol. The maximum absolute atomic E-state index is 12.1. The standard InChI is InChI=1S/C15H19N3O3/c1-10(14(20)21-15(2,3)4)16-13(19)11-9-18-8-6-5-7-12(18)17-11/h5-10H,1-4H3,(H,16,19)/t10-/m1/s1. The zero-order chi connectivity index (χ0) is 15.6. The largest absolute Gasteiger partial charge is 0.458 e. The molecule has 0 saturated heterocycles. The molecule has 0 radical (unpaired) electrons. The summed E-state index contributed by atoms with van der Waals surface area (Å²) >= 11 is 0. The Hall–Kier alpha value is -2.37. The van der Waals surface area contributed by atoms with Gasteiger partial charge in [-0.15, -0.1) is 0 Å². The van der Waals surface area contributed by atoms with Crippen molar-refractivity contribution in [2.75, 3.05) is 0 Å². The smallest absolute Gasteiger partial charge is 0.328 e. The molecule has 112 valence electrons. The third kappa shape index (κ3) is 3.81. The highest BCUT2D eigenvalue weighted by Crippen LogP contribution is 2.09. The van der Waals surface area contributed by atoms with Crippen molar-refractivity contribution >= 4 is 17.5 Å². The molecule has 0 bridgehead atoms. The fourth-order valence-electron chi connectivity index (χ4n) is 1.76. The topological polar surface area (TPSA) is 72.7 Å². The number of aromatic nitrogens is 2. The molecule has 0 aliphatic carbocycles. The van der Waals surface area contributed by atoms with Gasteiger partial charge in [-0.25, -0.2) is 9.78 Å². The Morgan fingerprint density at radius 1 is 1.33 bits per heavy atom. The molecule has 0 unspecified atom stereocenters. The summed E-state index contributed by atoms with van der Waals surface area (Å²) in [5.74, 6) is -0.878. The molecule has 6 heteroatoms. The van der Waals surface area contributed by atoms with Crippen LogP contribution in [0.2, 0.25) is 0 Å². The fourth-order valence-corrected chi connectivity index (χ4v) is 1.76. The third-order valence-electron chi connectivity index (χ3n) is 2.70. The van der Waals surface area contributed by atoms with Crippen LogP contribution in [0.5, 0.6) is 0 Å². The van der Waals surface area contributed by atoms with Crippen LogP contribution < -0.4 is 5.32 Å². The third-order valence-corrected chi connectivity index (χ3v) is 2.70. The molecule has 0 saturated carbocycles. The summed E-state index contributed by atoms with van der Waals surface area (Å²) in [6.07, 6.45) is 3.42. The number of nitrogens with one attached hydrogen (secondary N) is 1. The van der Waals surface area contributed by atoms with E-state index >= 15 is 0 Å². The molecule has 21 heavy (non-hydrogen) atoms. The number of amides is 1. The van der Waals surface area contributed by atoms with Gasteiger partial charge < -0.3 is 14.5 Å². The predicted octanol–water partition coefficient (Wildman–Crippen LogP) is 1.79. The summed E-state index contributed by atoms with van der Waals surface area (Å²) in [6, 6.07) is 4.75. The van der Waals surface area contributed by atoms with Crippen molar-refractivity contribution in [3.63, 3.8) is 0 Å². The first kappa shape index (κ1) is 15.0. The Bertz CT molecular complexity index is 637. The lowest BCUT2D eigenvalue weighted by Crippen LogP contribution is -2.42. The number of carbonyl (C=O) groups excluding carboxylic acids is 2. The normalized spacial score (nSPS) is 13.0. The molecule has 0 spiro atoms. The Morgan fingerprint density at radius 3 is 2.67 bits per heavy atom. The zero-order valence-electron chi connectivity index (χ0n) is 12.6. The molecule has 2 aromatic rings. The van der Waals surface area contributed by atoms with Crippen LogP contribution in [0.25, 0.3) is 5.65 Å². The van der Waals surface area contributed by atoms with Crippen molar-refractivity contribution in [2.24, 2.45) is 0 Å². The van der Waals surface area contributed by atoms with Crippen LogP contribution in [-0.4, -0.2) is 32.9 Å². The minimum atomic E-state index is -0.735. The summed E-state index contributed by atoms with van der Waals surface area (Å²) in [6.45, 7) is 6.92. The monoisotopic (exact) mass is 289 g/mol. The van der Waals surface area contributed by atoms with E-state index in [0.29, 0.717) is 5.65 Å². The number of imidazole rings is 1. The molecule has 2 heterocycles. The van der Waals surface area contributed by atoms with Gasteiger partial charge in [0.15, 0.2) is 0 Å². The lowest BCUT2D eigenvalue weighted by molar-refractivity contribution is -0.156. The van der Waals surface area contributed by atoms with E-state index in [4.69, 9.17) is 4.74 Å². The molecular weight excluding hydrogens is 270 g/mol. The molecule has 6 nitrogen and oxygen atoms in total. The molecule has 0 fully saturated rings. The van der Waals surface area contributed by atoms with Crippen LogP contribution in [0.1, 0.15) is 38.2 Å². The van der Waals surface area contributed by atoms with Gasteiger partial charge in [-0.05, 0) is 39.8 Å². The van der Waals surface area contributed by atoms with Gasteiger partial charge in [-0.1, -0.05) is 6.07 Å². The molecule has 0 aliphatic heterocycles. The van der Waals surface area contributed by atoms with Gasteiger partial charge in [0.2, 0.25) is 0 Å². The maximum Gasteiger partial charge on any atom is 0.328 e. The van der Waals surface area contributed by atoms with Crippen LogP contribution in [0.15, 0.2) is 30.6 Å². The number of hydrogen-bond acceptors (Lipinski definition) is 4. The van der Waals surface area contributed by atoms with E-state index in [2.05, 4.69) is 10.3 Å². The van der Waals surface area contributed by atoms with E-state index in [1.807, 2.05) is 12.1 Å². The number of hydrogen-bond donors (Lipinski definition) is 1. The first-order chi connectivity index (χ1) is 9.76. The second kappa shape index (κ2) is 5.55. The Labute approximate surface area is 123 Å². The molecule has 2 rings (SSSR count). The van der Waals surface area contributed by atoms with Crippen molar-refractivity contribution in [3.05, 3.63) is 36.3 Å². The van der Waals surface area contributed by atoms with Crippen molar-refractivity contribution < 1.29 is 14.3 Å². The molecular formula is C15H19N3O3. The number of nitrogens with zero attached hydrogens (tertiary/aromatic N) is 2. The summed E-state index contributed by atoms with van der Waals surface area (Å²) in [4.78, 5) is 28.1. The van der Waals surface area contributed by atoms with Gasteiger partial charge in [0.25, 0.3) is 5.91 Å². The average molecular weight is 289 g/mol. The van der Waals surface area contributed by atoms with Crippen molar-refractivity contribution in [3.8, 4) is 0 Å². The van der Waals surface area contributed by atoms with Crippen LogP contribution in [0, 0.1) is 0 Å². The van der Waals surface area contributed by atoms with Gasteiger partial charge in [0, 0.05) is 12.4 Å². The molecule has 0 aromatic carbocycles. The van der Waals surface area contributed by atoms with E-state index in [1.54, 1.807) is 50.6 Å². The van der Waals surface area contributed by atoms with E-state index < -0.39 is 23.5 Å². The number of pyridine rings is 1. The minimum Gasteiger partial charge on any atom is -0.458 e. The summed E-state index contributed by atoms with van der Waals surface area (Å²) in [7, 11) is 0. The molecule has 1 atom stereocenters. The molecule has 1 N–H and O–H groups in total. The van der Waals surface area contributed by atoms with Crippen LogP contribution in [0.4, 0.5) is 0 Å². The molecule has 0 aliphatic rings.